The van der Waals surface area contributed by atoms with Gasteiger partial charge in [-0.1, -0.05) is 66.7 Å². The summed E-state index contributed by atoms with van der Waals surface area (Å²) >= 11 is 0. The number of benzene rings is 4. The van der Waals surface area contributed by atoms with Gasteiger partial charge in [0, 0.05) is 5.69 Å². The first kappa shape index (κ1) is 19.2. The minimum atomic E-state index is -0.568. The fraction of sp³-hybridized carbons (Fsp3) is 0.0800. The summed E-state index contributed by atoms with van der Waals surface area (Å²) in [5, 5.41) is 12.5. The molecule has 146 valence electrons. The van der Waals surface area contributed by atoms with Crippen molar-refractivity contribution in [3.8, 4) is 6.07 Å². The highest BCUT2D eigenvalue weighted by Crippen LogP contribution is 2.29. The lowest BCUT2D eigenvalue weighted by Gasteiger charge is -2.19. The van der Waals surface area contributed by atoms with Gasteiger partial charge in [0.15, 0.2) is 6.61 Å². The van der Waals surface area contributed by atoms with Crippen LogP contribution in [-0.4, -0.2) is 25.0 Å². The van der Waals surface area contributed by atoms with Crippen molar-refractivity contribution in [2.24, 2.45) is 0 Å². The SMILES string of the molecule is N#CCN(C(=O)COC(=O)c1c2ccccc2cc2ccccc12)c1ccccc1. The number of hydrogen-bond acceptors (Lipinski definition) is 4. The van der Waals surface area contributed by atoms with E-state index in [1.165, 1.54) is 4.90 Å². The number of amides is 1. The molecular weight excluding hydrogens is 376 g/mol. The van der Waals surface area contributed by atoms with Gasteiger partial charge in [0.25, 0.3) is 5.91 Å². The third-order valence-electron chi connectivity index (χ3n) is 4.90. The summed E-state index contributed by atoms with van der Waals surface area (Å²) < 4.78 is 5.42. The van der Waals surface area contributed by atoms with Crippen LogP contribution < -0.4 is 4.90 Å². The van der Waals surface area contributed by atoms with Gasteiger partial charge in [0.1, 0.15) is 6.54 Å². The molecular formula is C25H18N2O3. The molecule has 0 atom stereocenters. The normalized spacial score (nSPS) is 10.5. The summed E-state index contributed by atoms with van der Waals surface area (Å²) in [6.07, 6.45) is 0. The predicted octanol–water partition coefficient (Wildman–Crippen LogP) is 4.71. The number of para-hydroxylation sites is 1. The lowest BCUT2D eigenvalue weighted by atomic mass is 9.97. The van der Waals surface area contributed by atoms with E-state index >= 15 is 0 Å². The van der Waals surface area contributed by atoms with Gasteiger partial charge in [-0.05, 0) is 39.7 Å². The van der Waals surface area contributed by atoms with Crippen LogP contribution in [0, 0.1) is 11.3 Å². The second-order valence-corrected chi connectivity index (χ2v) is 6.74. The van der Waals surface area contributed by atoms with Crippen molar-refractivity contribution < 1.29 is 14.3 Å². The fourth-order valence-electron chi connectivity index (χ4n) is 3.51. The molecule has 0 heterocycles. The standard InChI is InChI=1S/C25H18N2O3/c26-14-15-27(20-10-2-1-3-11-20)23(28)17-30-25(29)24-21-12-6-4-8-18(21)16-19-9-5-7-13-22(19)24/h1-13,16H,15,17H2. The molecule has 0 saturated carbocycles. The second kappa shape index (κ2) is 8.46. The summed E-state index contributed by atoms with van der Waals surface area (Å²) in [7, 11) is 0. The molecule has 0 fully saturated rings. The molecule has 1 amide bonds. The molecule has 0 aliphatic carbocycles. The average molecular weight is 394 g/mol. The zero-order chi connectivity index (χ0) is 20.9. The summed E-state index contributed by atoms with van der Waals surface area (Å²) in [4.78, 5) is 27.0. The third kappa shape index (κ3) is 3.71. The van der Waals surface area contributed by atoms with Crippen LogP contribution in [0.2, 0.25) is 0 Å². The molecule has 5 heteroatoms. The van der Waals surface area contributed by atoms with E-state index in [1.54, 1.807) is 24.3 Å². The number of nitriles is 1. The largest absolute Gasteiger partial charge is 0.452 e. The predicted molar refractivity (Wildman–Crippen MR) is 116 cm³/mol. The number of ether oxygens (including phenoxy) is 1. The fourth-order valence-corrected chi connectivity index (χ4v) is 3.51. The molecule has 0 saturated heterocycles. The quantitative estimate of drug-likeness (QED) is 0.279. The monoisotopic (exact) mass is 394 g/mol. The number of hydrogen-bond donors (Lipinski definition) is 0. The van der Waals surface area contributed by atoms with Crippen molar-refractivity contribution in [3.63, 3.8) is 0 Å². The Kier molecular flexibility index (Phi) is 5.40. The maximum atomic E-state index is 13.0. The lowest BCUT2D eigenvalue weighted by molar-refractivity contribution is -0.121. The number of carbonyl (C=O) groups excluding carboxylic acids is 2. The van der Waals surface area contributed by atoms with Crippen LogP contribution in [0.15, 0.2) is 84.9 Å². The first-order valence-corrected chi connectivity index (χ1v) is 9.49. The molecule has 0 unspecified atom stereocenters. The zero-order valence-electron chi connectivity index (χ0n) is 16.1. The number of rotatable bonds is 5. The molecule has 0 bridgehead atoms. The van der Waals surface area contributed by atoms with Gasteiger partial charge in [-0.2, -0.15) is 5.26 Å². The Hall–Kier alpha value is -4.17. The highest BCUT2D eigenvalue weighted by Gasteiger charge is 2.20. The van der Waals surface area contributed by atoms with Crippen LogP contribution in [-0.2, 0) is 9.53 Å². The third-order valence-corrected chi connectivity index (χ3v) is 4.90. The van der Waals surface area contributed by atoms with Crippen LogP contribution in [0.3, 0.4) is 0 Å². The van der Waals surface area contributed by atoms with E-state index in [4.69, 9.17) is 10.00 Å². The summed E-state index contributed by atoms with van der Waals surface area (Å²) in [6.45, 7) is -0.579. The van der Waals surface area contributed by atoms with Crippen molar-refractivity contribution >= 4 is 39.1 Å². The molecule has 30 heavy (non-hydrogen) atoms. The van der Waals surface area contributed by atoms with Crippen LogP contribution in [0.4, 0.5) is 5.69 Å². The van der Waals surface area contributed by atoms with Gasteiger partial charge in [0.05, 0.1) is 11.6 Å². The van der Waals surface area contributed by atoms with Crippen LogP contribution >= 0.6 is 0 Å². The highest BCUT2D eigenvalue weighted by molar-refractivity contribution is 6.16. The molecule has 4 aromatic rings. The maximum absolute atomic E-state index is 13.0. The minimum Gasteiger partial charge on any atom is -0.452 e. The van der Waals surface area contributed by atoms with Crippen molar-refractivity contribution in [2.75, 3.05) is 18.1 Å². The Morgan fingerprint density at radius 3 is 2.00 bits per heavy atom. The Morgan fingerprint density at radius 1 is 0.833 bits per heavy atom. The average Bonchev–Trinajstić information content (AvgIpc) is 2.79. The van der Waals surface area contributed by atoms with Gasteiger partial charge >= 0.3 is 5.97 Å². The molecule has 0 N–H and O–H groups in total. The zero-order valence-corrected chi connectivity index (χ0v) is 16.1. The second-order valence-electron chi connectivity index (χ2n) is 6.74. The van der Waals surface area contributed by atoms with Crippen LogP contribution in [0.25, 0.3) is 21.5 Å². The number of esters is 1. The van der Waals surface area contributed by atoms with E-state index in [0.29, 0.717) is 11.3 Å². The minimum absolute atomic E-state index is 0.127. The number of carbonyl (C=O) groups is 2. The van der Waals surface area contributed by atoms with E-state index < -0.39 is 18.5 Å². The Morgan fingerprint density at radius 2 is 1.40 bits per heavy atom. The molecule has 0 aliphatic heterocycles. The number of nitrogens with zero attached hydrogens (tertiary/aromatic N) is 2. The Balaban J connectivity index is 1.63. The Labute approximate surface area is 173 Å². The first-order valence-electron chi connectivity index (χ1n) is 9.49. The van der Waals surface area contributed by atoms with Crippen molar-refractivity contribution in [2.45, 2.75) is 0 Å². The van der Waals surface area contributed by atoms with Crippen molar-refractivity contribution in [1.82, 2.24) is 0 Å². The molecule has 0 spiro atoms. The smallest absolute Gasteiger partial charge is 0.339 e. The highest BCUT2D eigenvalue weighted by atomic mass is 16.5. The van der Waals surface area contributed by atoms with Crippen LogP contribution in [0.5, 0.6) is 0 Å². The molecule has 4 aromatic carbocycles. The lowest BCUT2D eigenvalue weighted by Crippen LogP contribution is -2.35. The summed E-state index contributed by atoms with van der Waals surface area (Å²) in [6, 6.07) is 28.0. The maximum Gasteiger partial charge on any atom is 0.339 e. The van der Waals surface area contributed by atoms with Gasteiger partial charge in [-0.15, -0.1) is 0 Å². The van der Waals surface area contributed by atoms with E-state index in [0.717, 1.165) is 21.5 Å². The summed E-state index contributed by atoms with van der Waals surface area (Å²) in [5.41, 5.74) is 1.01. The molecule has 0 radical (unpaired) electrons. The first-order chi connectivity index (χ1) is 14.7. The van der Waals surface area contributed by atoms with E-state index in [1.807, 2.05) is 66.7 Å². The van der Waals surface area contributed by atoms with Gasteiger partial charge in [0.2, 0.25) is 0 Å². The number of fused-ring (bicyclic) bond motifs is 2. The van der Waals surface area contributed by atoms with Gasteiger partial charge < -0.3 is 4.74 Å². The Bertz CT molecular complexity index is 1220. The van der Waals surface area contributed by atoms with Gasteiger partial charge in [-0.3, -0.25) is 9.69 Å². The van der Waals surface area contributed by atoms with Crippen molar-refractivity contribution in [3.05, 3.63) is 90.5 Å². The molecule has 5 nitrogen and oxygen atoms in total. The van der Waals surface area contributed by atoms with E-state index in [2.05, 4.69) is 0 Å². The topological polar surface area (TPSA) is 70.4 Å². The molecule has 4 rings (SSSR count). The van der Waals surface area contributed by atoms with E-state index in [-0.39, 0.29) is 6.54 Å². The molecule has 0 aromatic heterocycles. The molecule has 0 aliphatic rings. The van der Waals surface area contributed by atoms with Gasteiger partial charge in [-0.25, -0.2) is 4.79 Å². The van der Waals surface area contributed by atoms with Crippen LogP contribution in [0.1, 0.15) is 10.4 Å². The number of anilines is 1. The van der Waals surface area contributed by atoms with E-state index in [9.17, 15) is 9.59 Å². The van der Waals surface area contributed by atoms with Crippen molar-refractivity contribution in [1.29, 1.82) is 5.26 Å². The summed E-state index contributed by atoms with van der Waals surface area (Å²) in [5.74, 6) is -1.03.